The molecule has 4 aromatic heterocycles. The van der Waals surface area contributed by atoms with E-state index in [0.29, 0.717) is 35.1 Å². The van der Waals surface area contributed by atoms with E-state index in [9.17, 15) is 4.79 Å². The van der Waals surface area contributed by atoms with Crippen molar-refractivity contribution in [1.29, 1.82) is 0 Å². The Labute approximate surface area is 251 Å². The topological polar surface area (TPSA) is 81.3 Å². The highest BCUT2D eigenvalue weighted by molar-refractivity contribution is 6.00. The van der Waals surface area contributed by atoms with Gasteiger partial charge in [-0.25, -0.2) is 9.97 Å². The molecular formula is C34H37N7O2. The fourth-order valence-corrected chi connectivity index (χ4v) is 7.46. The number of hydrogen-bond donors (Lipinski definition) is 0. The molecule has 43 heavy (non-hydrogen) atoms. The summed E-state index contributed by atoms with van der Waals surface area (Å²) < 4.78 is 10.3. The Morgan fingerprint density at radius 2 is 1.86 bits per heavy atom. The fourth-order valence-electron chi connectivity index (χ4n) is 7.46. The minimum absolute atomic E-state index is 0.0874. The van der Waals surface area contributed by atoms with Crippen molar-refractivity contribution < 1.29 is 9.53 Å². The molecule has 3 atom stereocenters. The van der Waals surface area contributed by atoms with Crippen LogP contribution < -0.4 is 9.64 Å². The van der Waals surface area contributed by atoms with Gasteiger partial charge in [-0.1, -0.05) is 6.92 Å². The lowest BCUT2D eigenvalue weighted by Gasteiger charge is -2.27. The first-order valence-corrected chi connectivity index (χ1v) is 15.4. The van der Waals surface area contributed by atoms with Crippen molar-refractivity contribution in [3.8, 4) is 17.3 Å². The number of hydrogen-bond acceptors (Lipinski definition) is 6. The van der Waals surface area contributed by atoms with E-state index in [1.54, 1.807) is 19.5 Å². The average molecular weight is 576 g/mol. The summed E-state index contributed by atoms with van der Waals surface area (Å²) in [4.78, 5) is 32.4. The largest absolute Gasteiger partial charge is 0.494 e. The normalized spacial score (nSPS) is 21.3. The van der Waals surface area contributed by atoms with E-state index in [2.05, 4.69) is 49.0 Å². The first kappa shape index (κ1) is 26.2. The van der Waals surface area contributed by atoms with Crippen molar-refractivity contribution in [2.75, 3.05) is 25.6 Å². The molecule has 0 spiro atoms. The average Bonchev–Trinajstić information content (AvgIpc) is 3.44. The lowest BCUT2D eigenvalue weighted by atomic mass is 10.0. The number of carbonyl (C=O) groups excluding carboxylic acids is 1. The molecule has 2 unspecified atom stereocenters. The number of nitrogens with zero attached hydrogens (tertiary/aromatic N) is 7. The van der Waals surface area contributed by atoms with Gasteiger partial charge in [0.2, 0.25) is 0 Å². The number of piperidine rings is 1. The molecule has 5 heterocycles. The zero-order valence-electron chi connectivity index (χ0n) is 25.2. The van der Waals surface area contributed by atoms with Crippen molar-refractivity contribution in [2.45, 2.75) is 45.2 Å². The summed E-state index contributed by atoms with van der Waals surface area (Å²) in [7, 11) is 5.73. The maximum atomic E-state index is 13.8. The molecule has 0 radical (unpaired) electrons. The van der Waals surface area contributed by atoms with Gasteiger partial charge in [0.25, 0.3) is 5.91 Å². The SMILES string of the molecule is COc1cc(C(=O)N2CC3CCC2[C@@H]3C)cc2nc(-c3cc4ccc(N(C)c5ccncc5)nc4n3CC3CC3)n(C)c12. The molecule has 3 fully saturated rings. The molecular weight excluding hydrogens is 538 g/mol. The molecule has 1 aliphatic heterocycles. The van der Waals surface area contributed by atoms with Gasteiger partial charge in [0.05, 0.1) is 18.3 Å². The third-order valence-corrected chi connectivity index (χ3v) is 10.2. The summed E-state index contributed by atoms with van der Waals surface area (Å²) in [6, 6.07) is 14.6. The number of ether oxygens (including phenoxy) is 1. The number of benzene rings is 1. The summed E-state index contributed by atoms with van der Waals surface area (Å²) in [6.07, 6.45) is 8.39. The van der Waals surface area contributed by atoms with Crippen molar-refractivity contribution >= 4 is 39.5 Å². The van der Waals surface area contributed by atoms with Crippen LogP contribution in [0, 0.1) is 17.8 Å². The Morgan fingerprint density at radius 3 is 2.56 bits per heavy atom. The minimum atomic E-state index is 0.0874. The number of aromatic nitrogens is 5. The van der Waals surface area contributed by atoms with Gasteiger partial charge in [-0.05, 0) is 85.9 Å². The van der Waals surface area contributed by atoms with E-state index in [1.165, 1.54) is 19.3 Å². The quantitative estimate of drug-likeness (QED) is 0.235. The first-order chi connectivity index (χ1) is 20.9. The number of carbonyl (C=O) groups is 1. The summed E-state index contributed by atoms with van der Waals surface area (Å²) in [5, 5.41) is 1.08. The summed E-state index contributed by atoms with van der Waals surface area (Å²) in [5.41, 5.74) is 5.32. The Bertz CT molecular complexity index is 1870. The predicted octanol–water partition coefficient (Wildman–Crippen LogP) is 6.04. The van der Waals surface area contributed by atoms with Crippen LogP contribution in [0.1, 0.15) is 43.0 Å². The molecule has 2 aliphatic carbocycles. The summed E-state index contributed by atoms with van der Waals surface area (Å²) in [6.45, 7) is 4.04. The molecule has 5 aromatic rings. The fraction of sp³-hybridized carbons (Fsp3) is 0.412. The standard InChI is InChI=1S/C34H37N7O2/c1-20-23-7-9-27(20)41(19-23)34(42)24-15-26-31(29(17-24)43-4)39(3)33(36-26)28-16-22-8-10-30(38(2)25-11-13-35-14-12-25)37-32(22)40(28)18-21-5-6-21/h8,10-17,20-21,23,27H,5-7,9,18-19H2,1-4H3/t20-,23?,27?/m1/s1. The van der Waals surface area contributed by atoms with Crippen LogP contribution in [0.3, 0.4) is 0 Å². The number of pyridine rings is 2. The number of rotatable bonds is 7. The molecule has 3 aliphatic rings. The Balaban J connectivity index is 1.23. The molecule has 1 aromatic carbocycles. The molecule has 1 amide bonds. The molecule has 220 valence electrons. The zero-order chi connectivity index (χ0) is 29.4. The minimum Gasteiger partial charge on any atom is -0.494 e. The van der Waals surface area contributed by atoms with Crippen LogP contribution >= 0.6 is 0 Å². The lowest BCUT2D eigenvalue weighted by molar-refractivity contribution is 0.0696. The molecule has 9 heteroatoms. The van der Waals surface area contributed by atoms with Crippen molar-refractivity contribution in [3.05, 3.63) is 60.4 Å². The Kier molecular flexibility index (Phi) is 6.00. The predicted molar refractivity (Wildman–Crippen MR) is 168 cm³/mol. The number of amides is 1. The Hall–Kier alpha value is -4.40. The summed E-state index contributed by atoms with van der Waals surface area (Å²) in [5.74, 6) is 4.31. The van der Waals surface area contributed by atoms with E-state index in [4.69, 9.17) is 14.7 Å². The number of aryl methyl sites for hydroxylation is 1. The summed E-state index contributed by atoms with van der Waals surface area (Å²) >= 11 is 0. The van der Waals surface area contributed by atoms with E-state index in [1.807, 2.05) is 38.4 Å². The van der Waals surface area contributed by atoms with Crippen LogP contribution in [0.2, 0.25) is 0 Å². The first-order valence-electron chi connectivity index (χ1n) is 15.4. The van der Waals surface area contributed by atoms with Crippen LogP contribution in [0.25, 0.3) is 33.6 Å². The van der Waals surface area contributed by atoms with E-state index in [-0.39, 0.29) is 5.91 Å². The van der Waals surface area contributed by atoms with Gasteiger partial charge < -0.3 is 23.7 Å². The second-order valence-electron chi connectivity index (χ2n) is 12.7. The molecule has 8 rings (SSSR count). The van der Waals surface area contributed by atoms with Gasteiger partial charge in [0, 0.05) is 62.3 Å². The van der Waals surface area contributed by atoms with Crippen LogP contribution in [-0.4, -0.2) is 61.6 Å². The molecule has 0 N–H and O–H groups in total. The molecule has 9 nitrogen and oxygen atoms in total. The van der Waals surface area contributed by atoms with Gasteiger partial charge in [0.1, 0.15) is 22.7 Å². The lowest BCUT2D eigenvalue weighted by Crippen LogP contribution is -2.38. The van der Waals surface area contributed by atoms with E-state index >= 15 is 0 Å². The monoisotopic (exact) mass is 575 g/mol. The molecule has 1 saturated heterocycles. The maximum absolute atomic E-state index is 13.8. The van der Waals surface area contributed by atoms with Crippen LogP contribution in [0.5, 0.6) is 5.75 Å². The highest BCUT2D eigenvalue weighted by atomic mass is 16.5. The van der Waals surface area contributed by atoms with E-state index in [0.717, 1.165) is 64.6 Å². The second-order valence-corrected chi connectivity index (χ2v) is 12.7. The number of imidazole rings is 1. The van der Waals surface area contributed by atoms with Crippen LogP contribution in [-0.2, 0) is 13.6 Å². The van der Waals surface area contributed by atoms with Crippen molar-refractivity contribution in [3.63, 3.8) is 0 Å². The van der Waals surface area contributed by atoms with Crippen LogP contribution in [0.4, 0.5) is 11.5 Å². The highest BCUT2D eigenvalue weighted by Crippen LogP contribution is 2.44. The molecule has 2 saturated carbocycles. The van der Waals surface area contributed by atoms with E-state index < -0.39 is 0 Å². The van der Waals surface area contributed by atoms with Crippen molar-refractivity contribution in [1.82, 2.24) is 29.0 Å². The number of anilines is 2. The van der Waals surface area contributed by atoms with Gasteiger partial charge >= 0.3 is 0 Å². The number of likely N-dealkylation sites (tertiary alicyclic amines) is 1. The number of fused-ring (bicyclic) bond motifs is 4. The highest BCUT2D eigenvalue weighted by Gasteiger charge is 2.46. The van der Waals surface area contributed by atoms with Gasteiger partial charge in [-0.3, -0.25) is 9.78 Å². The smallest absolute Gasteiger partial charge is 0.254 e. The third-order valence-electron chi connectivity index (χ3n) is 10.2. The Morgan fingerprint density at radius 1 is 1.05 bits per heavy atom. The van der Waals surface area contributed by atoms with Gasteiger partial charge in [0.15, 0.2) is 5.82 Å². The third kappa shape index (κ3) is 4.19. The zero-order valence-corrected chi connectivity index (χ0v) is 25.2. The van der Waals surface area contributed by atoms with Crippen LogP contribution in [0.15, 0.2) is 54.9 Å². The molecule has 2 bridgehead atoms. The second kappa shape index (κ2) is 9.82. The number of methoxy groups -OCH3 is 1. The van der Waals surface area contributed by atoms with Gasteiger partial charge in [-0.15, -0.1) is 0 Å². The van der Waals surface area contributed by atoms with Crippen molar-refractivity contribution in [2.24, 2.45) is 24.8 Å². The van der Waals surface area contributed by atoms with Gasteiger partial charge in [-0.2, -0.15) is 0 Å². The maximum Gasteiger partial charge on any atom is 0.254 e.